The highest BCUT2D eigenvalue weighted by Gasteiger charge is 2.78. The average Bonchev–Trinajstić information content (AvgIpc) is 1.43. The number of Topliss-reactive ketones (excluding diaryl/α,β-unsaturated/α-hetero) is 2. The van der Waals surface area contributed by atoms with Crippen LogP contribution in [0.2, 0.25) is 0 Å². The fraction of sp³-hybridized carbons (Fsp3) is 0.721. The van der Waals surface area contributed by atoms with Crippen molar-refractivity contribution < 1.29 is 96.9 Å². The smallest absolute Gasteiger partial charge is 0.229 e. The normalized spacial score (nSPS) is 39.2. The molecule has 1 aromatic carbocycles. The Morgan fingerprint density at radius 2 is 1.64 bits per heavy atom. The molecule has 22 atom stereocenters. The molecule has 1 spiro atoms. The Hall–Kier alpha value is -2.67. The number of hydroxylamine groups is 1. The van der Waals surface area contributed by atoms with Gasteiger partial charge in [0.05, 0.1) is 83.2 Å². The number of rotatable bonds is 24. The second-order valence-electron chi connectivity index (χ2n) is 23.9. The number of hydrogen-bond donors (Lipinski definition) is 8. The zero-order chi connectivity index (χ0) is 64.3. The predicted molar refractivity (Wildman–Crippen MR) is 336 cm³/mol. The van der Waals surface area contributed by atoms with Crippen molar-refractivity contribution in [1.29, 1.82) is 0 Å². The first-order valence-corrected chi connectivity index (χ1v) is 33.8. The Kier molecular flexibility index (Phi) is 24.4. The van der Waals surface area contributed by atoms with Crippen molar-refractivity contribution in [2.75, 3.05) is 53.9 Å². The maximum Gasteiger partial charge on any atom is 0.229 e. The molecule has 0 amide bonds. The summed E-state index contributed by atoms with van der Waals surface area (Å²) in [6, 6.07) is -1.20. The molecule has 23 nitrogen and oxygen atoms in total. The minimum atomic E-state index is -1.76. The molecule has 27 heteroatoms. The minimum Gasteiger partial charge on any atom is -0.492 e. The summed E-state index contributed by atoms with van der Waals surface area (Å²) in [5, 5.41) is 61.1. The molecule has 4 saturated heterocycles. The Balaban J connectivity index is 1.03. The zero-order valence-corrected chi connectivity index (χ0v) is 56.5. The number of thioether (sulfide) groups is 1. The topological polar surface area (TPSA) is 313 Å². The maximum absolute atomic E-state index is 14.5. The Labute approximate surface area is 540 Å². The van der Waals surface area contributed by atoms with E-state index in [9.17, 15) is 39.9 Å². The van der Waals surface area contributed by atoms with E-state index in [-0.39, 0.29) is 83.6 Å². The molecule has 0 aromatic heterocycles. The molecule has 0 bridgehead atoms. The van der Waals surface area contributed by atoms with Gasteiger partial charge in [0.25, 0.3) is 0 Å². The number of ketones is 2. The lowest BCUT2D eigenvalue weighted by Crippen LogP contribution is -2.69. The van der Waals surface area contributed by atoms with E-state index in [1.54, 1.807) is 69.4 Å². The molecular formula is C61H86IN3O20S3. The number of nitrogens with two attached hydrogens (primary N) is 1. The van der Waals surface area contributed by atoms with E-state index in [2.05, 4.69) is 34.5 Å². The second-order valence-corrected chi connectivity index (χ2v) is 29.2. The molecule has 2 saturated carbocycles. The lowest BCUT2D eigenvalue weighted by atomic mass is 9.44. The Morgan fingerprint density at radius 1 is 0.920 bits per heavy atom. The number of ether oxygens (including phenoxy) is 11. The van der Waals surface area contributed by atoms with E-state index in [4.69, 9.17) is 62.7 Å². The van der Waals surface area contributed by atoms with Crippen molar-refractivity contribution in [3.05, 3.63) is 38.0 Å². The number of carbonyl (C=O) groups excluding carboxylic acids is 3. The van der Waals surface area contributed by atoms with Gasteiger partial charge in [0.15, 0.2) is 30.4 Å². The number of likely N-dealkylation sites (N-methyl/N-ethyl adjacent to an activating group) is 1. The molecule has 490 valence electrons. The molecular weight excluding hydrogens is 1320 g/mol. The highest BCUT2D eigenvalue weighted by atomic mass is 127. The van der Waals surface area contributed by atoms with Gasteiger partial charge in [-0.3, -0.25) is 14.4 Å². The van der Waals surface area contributed by atoms with Crippen LogP contribution in [-0.4, -0.2) is 216 Å². The van der Waals surface area contributed by atoms with Crippen LogP contribution in [0, 0.1) is 51.4 Å². The Morgan fingerprint density at radius 3 is 2.28 bits per heavy atom. The molecule has 3 unspecified atom stereocenters. The number of benzene rings is 1. The van der Waals surface area contributed by atoms with Crippen LogP contribution in [0.4, 0.5) is 0 Å². The number of methoxy groups -OCH3 is 4. The van der Waals surface area contributed by atoms with Crippen LogP contribution in [0.15, 0.2) is 23.3 Å². The van der Waals surface area contributed by atoms with Crippen LogP contribution in [0.5, 0.6) is 17.2 Å². The van der Waals surface area contributed by atoms with Gasteiger partial charge in [-0.15, -0.1) is 0 Å². The van der Waals surface area contributed by atoms with Gasteiger partial charge in [-0.2, -0.15) is 5.48 Å². The lowest BCUT2D eigenvalue weighted by molar-refractivity contribution is -0.342. The van der Waals surface area contributed by atoms with E-state index in [0.29, 0.717) is 39.1 Å². The van der Waals surface area contributed by atoms with E-state index < -0.39 is 125 Å². The van der Waals surface area contributed by atoms with E-state index in [0.717, 1.165) is 11.8 Å². The first kappa shape index (κ1) is 71.2. The molecule has 4 aliphatic heterocycles. The SMILES string of the molecule is CCN[C@H]1CO[C@@H](O[C@H]2[C@H](O[C@H]3C#C/C=C(/C)C#CC45C(CC(C)=O)C(=O)C[C@]4(O)/C(=C/CSSC(C)(C)CN)C35)O[C@H](C)[C@@H](NO[C@H]3C[C@H](O)[C@H](SC(=O)c4c(C)c(I)c(O[C@@H]5O[C@@H](C)[C@H](O)[C@@H](OC)[C@H]5O)c(OC)c4OC)[C@@H](C)O3)[C@@H]2O)C[C@@H]1OC. The molecule has 6 fully saturated rings. The summed E-state index contributed by atoms with van der Waals surface area (Å²) in [5.74, 6) is 11.1. The van der Waals surface area contributed by atoms with Crippen molar-refractivity contribution in [1.82, 2.24) is 10.8 Å². The number of hydrogen-bond acceptors (Lipinski definition) is 26. The van der Waals surface area contributed by atoms with Crippen molar-refractivity contribution in [3.8, 4) is 40.9 Å². The number of nitrogens with one attached hydrogen (secondary N) is 2. The number of aliphatic hydroxyl groups is 5. The average molecular weight is 1400 g/mol. The number of allylic oxidation sites excluding steroid dienone is 2. The molecule has 8 rings (SSSR count). The van der Waals surface area contributed by atoms with E-state index in [1.165, 1.54) is 28.3 Å². The van der Waals surface area contributed by atoms with Crippen LogP contribution >= 0.6 is 55.9 Å². The number of halogens is 1. The first-order valence-electron chi connectivity index (χ1n) is 29.5. The summed E-state index contributed by atoms with van der Waals surface area (Å²) in [6.45, 7) is 17.2. The largest absolute Gasteiger partial charge is 0.492 e. The molecule has 1 aromatic rings. The number of aliphatic hydroxyl groups excluding tert-OH is 4. The van der Waals surface area contributed by atoms with Crippen LogP contribution in [0.3, 0.4) is 0 Å². The van der Waals surface area contributed by atoms with Crippen molar-refractivity contribution in [2.45, 2.75) is 208 Å². The highest BCUT2D eigenvalue weighted by Crippen LogP contribution is 2.70. The van der Waals surface area contributed by atoms with Gasteiger partial charge in [0, 0.05) is 74.4 Å². The quantitative estimate of drug-likeness (QED) is 0.0183. The van der Waals surface area contributed by atoms with Crippen LogP contribution in [0.1, 0.15) is 97.0 Å². The van der Waals surface area contributed by atoms with Gasteiger partial charge in [0.1, 0.15) is 53.8 Å². The zero-order valence-electron chi connectivity index (χ0n) is 51.9. The maximum atomic E-state index is 14.5. The Bertz CT molecular complexity index is 2870. The fourth-order valence-electron chi connectivity index (χ4n) is 12.7. The van der Waals surface area contributed by atoms with Gasteiger partial charge < -0.3 is 93.5 Å². The standard InChI is InChI=1S/C61H86IN3O20S3/c1-14-64-36-26-78-41(24-40(36)74-10)83-53-48(70)46(31(5)80-58(53)82-39-17-15-16-28(2)18-20-60-35(22-29(3)66)38(68)25-61(60,73)34(44(39)60)19-21-86-88-59(8,9)27-63)65-85-42-23-37(67)55(33(7)79-42)87-56(72)43-30(4)45(62)51(54(77-13)50(43)75-11)84-57-49(71)52(76-12)47(69)32(6)81-57/h16,19,31-33,35-37,39-42,44,46-49,52-53,55,57-58,64-65,67,69-71,73H,14,21-27,63H2,1-13H3/b28-16-,34-19+/t31-,32+,33-,35?,36+,37+,39+,40+,41+,42+,44?,46-,47+,48+,49-,52-,53-,55-,57+,58+,60?,61+/m1/s1. The summed E-state index contributed by atoms with van der Waals surface area (Å²) in [5.41, 5.74) is 7.39. The summed E-state index contributed by atoms with van der Waals surface area (Å²) in [7, 11) is 8.84. The van der Waals surface area contributed by atoms with Gasteiger partial charge in [-0.05, 0) is 102 Å². The highest BCUT2D eigenvalue weighted by molar-refractivity contribution is 14.1. The molecule has 3 aliphatic carbocycles. The summed E-state index contributed by atoms with van der Waals surface area (Å²) >= 11 is 2.85. The van der Waals surface area contributed by atoms with Crippen molar-refractivity contribution in [2.24, 2.45) is 23.0 Å². The molecule has 88 heavy (non-hydrogen) atoms. The molecule has 0 radical (unpaired) electrons. The van der Waals surface area contributed by atoms with Gasteiger partial charge in [-0.1, -0.05) is 70.0 Å². The van der Waals surface area contributed by atoms with Crippen molar-refractivity contribution in [3.63, 3.8) is 0 Å². The van der Waals surface area contributed by atoms with Crippen molar-refractivity contribution >= 4 is 72.6 Å². The van der Waals surface area contributed by atoms with Crippen LogP contribution < -0.4 is 30.7 Å². The van der Waals surface area contributed by atoms with Gasteiger partial charge in [-0.25, -0.2) is 0 Å². The predicted octanol–water partition coefficient (Wildman–Crippen LogP) is 3.65. The summed E-state index contributed by atoms with van der Waals surface area (Å²) < 4.78 is 68.1. The summed E-state index contributed by atoms with van der Waals surface area (Å²) in [6.07, 6.45) is -13.0. The summed E-state index contributed by atoms with van der Waals surface area (Å²) in [4.78, 5) is 47.9. The minimum absolute atomic E-state index is 0.0359. The lowest BCUT2D eigenvalue weighted by Gasteiger charge is -2.60. The second kappa shape index (κ2) is 30.2. The third kappa shape index (κ3) is 14.5. The monoisotopic (exact) mass is 1400 g/mol. The molecule has 4 heterocycles. The third-order valence-corrected chi connectivity index (χ3v) is 23.3. The van der Waals surface area contributed by atoms with Crippen LogP contribution in [-0.2, 0) is 52.3 Å². The third-order valence-electron chi connectivity index (χ3n) is 17.5. The van der Waals surface area contributed by atoms with Gasteiger partial charge in [0.2, 0.25) is 17.2 Å². The van der Waals surface area contributed by atoms with E-state index in [1.807, 2.05) is 49.4 Å². The van der Waals surface area contributed by atoms with Crippen LogP contribution in [0.25, 0.3) is 0 Å². The van der Waals surface area contributed by atoms with Gasteiger partial charge >= 0.3 is 0 Å². The molecule has 7 aliphatic rings. The first-order chi connectivity index (χ1) is 41.7. The van der Waals surface area contributed by atoms with E-state index >= 15 is 0 Å². The number of carbonyl (C=O) groups is 3. The molecule has 9 N–H and O–H groups in total. The fourth-order valence-corrected chi connectivity index (χ4v) is 16.8.